The van der Waals surface area contributed by atoms with Gasteiger partial charge in [0.25, 0.3) is 5.91 Å². The number of amides is 1. The molecule has 1 heterocycles. The summed E-state index contributed by atoms with van der Waals surface area (Å²) < 4.78 is 11.7. The molecule has 5 nitrogen and oxygen atoms in total. The number of hydrogen-bond acceptors (Lipinski definition) is 5. The Morgan fingerprint density at radius 2 is 2.04 bits per heavy atom. The number of carbonyl (C=O) groups is 2. The van der Waals surface area contributed by atoms with Gasteiger partial charge in [-0.3, -0.25) is 9.59 Å². The van der Waals surface area contributed by atoms with E-state index >= 15 is 0 Å². The highest BCUT2D eigenvalue weighted by molar-refractivity contribution is 7.16. The van der Waals surface area contributed by atoms with Crippen molar-refractivity contribution in [1.82, 2.24) is 4.90 Å². The van der Waals surface area contributed by atoms with Crippen molar-refractivity contribution in [3.63, 3.8) is 0 Å². The number of hydrogen-bond donors (Lipinski definition) is 0. The monoisotopic (exact) mass is 367 g/mol. The number of rotatable bonds is 8. The van der Waals surface area contributed by atoms with E-state index in [1.807, 2.05) is 13.0 Å². The van der Waals surface area contributed by atoms with Gasteiger partial charge in [-0.1, -0.05) is 11.6 Å². The van der Waals surface area contributed by atoms with Gasteiger partial charge in [-0.05, 0) is 37.3 Å². The summed E-state index contributed by atoms with van der Waals surface area (Å²) in [5.41, 5.74) is 0.490. The van der Waals surface area contributed by atoms with E-state index in [2.05, 4.69) is 0 Å². The van der Waals surface area contributed by atoms with Crippen LogP contribution in [0.5, 0.6) is 11.5 Å². The zero-order valence-electron chi connectivity index (χ0n) is 13.5. The summed E-state index contributed by atoms with van der Waals surface area (Å²) in [6.07, 6.45) is 0.734. The van der Waals surface area contributed by atoms with Gasteiger partial charge in [0, 0.05) is 17.5 Å². The summed E-state index contributed by atoms with van der Waals surface area (Å²) in [5.74, 6) is 0.715. The molecule has 1 aromatic carbocycles. The van der Waals surface area contributed by atoms with Crippen LogP contribution in [0.3, 0.4) is 0 Å². The minimum absolute atomic E-state index is 0.115. The molecule has 0 aliphatic rings. The van der Waals surface area contributed by atoms with Crippen molar-refractivity contribution in [3.8, 4) is 11.5 Å². The zero-order chi connectivity index (χ0) is 17.5. The highest BCUT2D eigenvalue weighted by Gasteiger charge is 2.13. The molecule has 0 aliphatic carbocycles. The molecule has 0 aliphatic heterocycles. The fourth-order valence-corrected chi connectivity index (χ4v) is 3.13. The topological polar surface area (TPSA) is 55.8 Å². The number of thiophene rings is 1. The molecule has 1 aromatic heterocycles. The summed E-state index contributed by atoms with van der Waals surface area (Å²) in [5, 5.41) is 0. The first-order chi connectivity index (χ1) is 11.5. The van der Waals surface area contributed by atoms with E-state index in [9.17, 15) is 9.59 Å². The molecular formula is C17H18ClNO4S. The Morgan fingerprint density at radius 3 is 2.67 bits per heavy atom. The summed E-state index contributed by atoms with van der Waals surface area (Å²) >= 11 is 7.33. The Bertz CT molecular complexity index is 716. The summed E-state index contributed by atoms with van der Waals surface area (Å²) in [6.45, 7) is 2.63. The zero-order valence-corrected chi connectivity index (χ0v) is 15.0. The van der Waals surface area contributed by atoms with E-state index in [0.29, 0.717) is 34.6 Å². The normalized spacial score (nSPS) is 10.3. The number of carbonyl (C=O) groups excluding carboxylic acids is 2. The molecule has 0 atom stereocenters. The number of benzene rings is 1. The molecule has 24 heavy (non-hydrogen) atoms. The van der Waals surface area contributed by atoms with Crippen LogP contribution in [0.4, 0.5) is 0 Å². The Hall–Kier alpha value is -2.05. The first kappa shape index (κ1) is 18.3. The highest BCUT2D eigenvalue weighted by Crippen LogP contribution is 2.28. The minimum atomic E-state index is -0.165. The SMILES string of the molecule is CCOc1cc(C=O)ccc1OCC(=O)N(C)Cc1ccc(Cl)s1. The van der Waals surface area contributed by atoms with Crippen molar-refractivity contribution in [2.75, 3.05) is 20.3 Å². The van der Waals surface area contributed by atoms with Crippen LogP contribution < -0.4 is 9.47 Å². The molecule has 0 radical (unpaired) electrons. The molecule has 0 N–H and O–H groups in total. The van der Waals surface area contributed by atoms with Crippen molar-refractivity contribution in [1.29, 1.82) is 0 Å². The van der Waals surface area contributed by atoms with Crippen molar-refractivity contribution in [3.05, 3.63) is 45.1 Å². The Balaban J connectivity index is 1.96. The predicted octanol–water partition coefficient (Wildman–Crippen LogP) is 3.65. The standard InChI is InChI=1S/C17H18ClNO4S/c1-3-22-15-8-12(10-20)4-6-14(15)23-11-17(21)19(2)9-13-5-7-16(18)24-13/h4-8,10H,3,9,11H2,1-2H3. The van der Waals surface area contributed by atoms with Crippen LogP contribution in [-0.4, -0.2) is 37.4 Å². The lowest BCUT2D eigenvalue weighted by molar-refractivity contribution is -0.132. The van der Waals surface area contributed by atoms with Gasteiger partial charge in [0.2, 0.25) is 0 Å². The number of ether oxygens (including phenoxy) is 2. The van der Waals surface area contributed by atoms with E-state index < -0.39 is 0 Å². The third-order valence-corrected chi connectivity index (χ3v) is 4.42. The largest absolute Gasteiger partial charge is 0.490 e. The minimum Gasteiger partial charge on any atom is -0.490 e. The van der Waals surface area contributed by atoms with Gasteiger partial charge in [-0.15, -0.1) is 11.3 Å². The second kappa shape index (κ2) is 8.70. The second-order valence-electron chi connectivity index (χ2n) is 5.00. The number of aldehydes is 1. The van der Waals surface area contributed by atoms with Gasteiger partial charge in [-0.2, -0.15) is 0 Å². The van der Waals surface area contributed by atoms with E-state index in [1.54, 1.807) is 36.2 Å². The number of likely N-dealkylation sites (N-methyl/N-ethyl adjacent to an activating group) is 1. The fraction of sp³-hybridized carbons (Fsp3) is 0.294. The van der Waals surface area contributed by atoms with Crippen LogP contribution in [0, 0.1) is 0 Å². The van der Waals surface area contributed by atoms with Crippen molar-refractivity contribution >= 4 is 35.1 Å². The average Bonchev–Trinajstić information content (AvgIpc) is 2.98. The summed E-state index contributed by atoms with van der Waals surface area (Å²) in [6, 6.07) is 8.53. The van der Waals surface area contributed by atoms with Gasteiger partial charge in [0.05, 0.1) is 17.5 Å². The van der Waals surface area contributed by atoms with Crippen LogP contribution in [0.15, 0.2) is 30.3 Å². The fourth-order valence-electron chi connectivity index (χ4n) is 1.99. The first-order valence-electron chi connectivity index (χ1n) is 7.36. The van der Waals surface area contributed by atoms with E-state index in [0.717, 1.165) is 11.2 Å². The Kier molecular flexibility index (Phi) is 6.63. The van der Waals surface area contributed by atoms with E-state index in [-0.39, 0.29) is 12.5 Å². The molecule has 7 heteroatoms. The van der Waals surface area contributed by atoms with E-state index in [1.165, 1.54) is 11.3 Å². The molecule has 2 rings (SSSR count). The molecule has 128 valence electrons. The van der Waals surface area contributed by atoms with Gasteiger partial charge in [-0.25, -0.2) is 0 Å². The van der Waals surface area contributed by atoms with Gasteiger partial charge in [0.1, 0.15) is 6.29 Å². The predicted molar refractivity (Wildman–Crippen MR) is 94.3 cm³/mol. The van der Waals surface area contributed by atoms with Crippen LogP contribution in [0.1, 0.15) is 22.2 Å². The summed E-state index contributed by atoms with van der Waals surface area (Å²) in [7, 11) is 1.71. The quantitative estimate of drug-likeness (QED) is 0.668. The lowest BCUT2D eigenvalue weighted by Gasteiger charge is -2.17. The first-order valence-corrected chi connectivity index (χ1v) is 8.56. The Labute approximate surface area is 149 Å². The molecule has 1 amide bonds. The van der Waals surface area contributed by atoms with Gasteiger partial charge >= 0.3 is 0 Å². The second-order valence-corrected chi connectivity index (χ2v) is 6.80. The molecule has 0 saturated heterocycles. The van der Waals surface area contributed by atoms with Crippen molar-refractivity contribution < 1.29 is 19.1 Å². The molecule has 0 unspecified atom stereocenters. The van der Waals surface area contributed by atoms with Crippen molar-refractivity contribution in [2.24, 2.45) is 0 Å². The molecular weight excluding hydrogens is 350 g/mol. The molecule has 0 saturated carbocycles. The molecule has 0 spiro atoms. The number of halogens is 1. The molecule has 0 bridgehead atoms. The maximum Gasteiger partial charge on any atom is 0.260 e. The molecule has 0 fully saturated rings. The Morgan fingerprint density at radius 1 is 1.25 bits per heavy atom. The average molecular weight is 368 g/mol. The van der Waals surface area contributed by atoms with Gasteiger partial charge < -0.3 is 14.4 Å². The van der Waals surface area contributed by atoms with E-state index in [4.69, 9.17) is 21.1 Å². The van der Waals surface area contributed by atoms with Crippen LogP contribution >= 0.6 is 22.9 Å². The lowest BCUT2D eigenvalue weighted by Crippen LogP contribution is -2.30. The lowest BCUT2D eigenvalue weighted by atomic mass is 10.2. The van der Waals surface area contributed by atoms with Crippen LogP contribution in [0.2, 0.25) is 4.34 Å². The molecule has 2 aromatic rings. The third kappa shape index (κ3) is 4.97. The van der Waals surface area contributed by atoms with Crippen LogP contribution in [-0.2, 0) is 11.3 Å². The maximum absolute atomic E-state index is 12.2. The smallest absolute Gasteiger partial charge is 0.260 e. The number of nitrogens with zero attached hydrogens (tertiary/aromatic N) is 1. The van der Waals surface area contributed by atoms with Crippen molar-refractivity contribution in [2.45, 2.75) is 13.5 Å². The third-order valence-electron chi connectivity index (χ3n) is 3.20. The van der Waals surface area contributed by atoms with Gasteiger partial charge in [0.15, 0.2) is 18.1 Å². The summed E-state index contributed by atoms with van der Waals surface area (Å²) in [4.78, 5) is 25.6. The van der Waals surface area contributed by atoms with Crippen LogP contribution in [0.25, 0.3) is 0 Å². The highest BCUT2D eigenvalue weighted by atomic mass is 35.5. The maximum atomic E-state index is 12.2.